The topological polar surface area (TPSA) is 70.2 Å². The first-order valence-electron chi connectivity index (χ1n) is 8.16. The van der Waals surface area contributed by atoms with Gasteiger partial charge in [0.2, 0.25) is 5.91 Å². The lowest BCUT2D eigenvalue weighted by molar-refractivity contribution is -0.122. The van der Waals surface area contributed by atoms with Gasteiger partial charge in [0.05, 0.1) is 0 Å². The summed E-state index contributed by atoms with van der Waals surface area (Å²) in [6, 6.07) is 15.5. The fraction of sp³-hybridized carbons (Fsp3) is 0.263. The number of benzene rings is 2. The molecule has 0 aliphatic rings. The zero-order chi connectivity index (χ0) is 18.2. The second-order valence-electron chi connectivity index (χ2n) is 5.63. The molecule has 5 nitrogen and oxygen atoms in total. The van der Waals surface area contributed by atoms with Crippen molar-refractivity contribution in [3.63, 3.8) is 0 Å². The van der Waals surface area contributed by atoms with Gasteiger partial charge in [-0.25, -0.2) is 4.79 Å². The summed E-state index contributed by atoms with van der Waals surface area (Å²) in [6.45, 7) is 4.20. The van der Waals surface area contributed by atoms with Crippen molar-refractivity contribution in [2.45, 2.75) is 25.9 Å². The number of rotatable bonds is 6. The first-order chi connectivity index (χ1) is 12.0. The Morgan fingerprint density at radius 3 is 2.24 bits per heavy atom. The van der Waals surface area contributed by atoms with Crippen molar-refractivity contribution in [1.29, 1.82) is 0 Å². The lowest BCUT2D eigenvalue weighted by atomic mass is 10.0. The maximum atomic E-state index is 12.6. The molecule has 0 spiro atoms. The van der Waals surface area contributed by atoms with Crippen LogP contribution in [0.2, 0.25) is 5.02 Å². The Morgan fingerprint density at radius 1 is 1.00 bits per heavy atom. The van der Waals surface area contributed by atoms with Crippen molar-refractivity contribution in [3.8, 4) is 0 Å². The summed E-state index contributed by atoms with van der Waals surface area (Å²) >= 11 is 5.93. The molecule has 3 amide bonds. The van der Waals surface area contributed by atoms with Crippen molar-refractivity contribution in [3.05, 3.63) is 70.7 Å². The van der Waals surface area contributed by atoms with E-state index < -0.39 is 18.0 Å². The maximum absolute atomic E-state index is 12.6. The predicted molar refractivity (Wildman–Crippen MR) is 99.4 cm³/mol. The predicted octanol–water partition coefficient (Wildman–Crippen LogP) is 3.58. The smallest absolute Gasteiger partial charge is 0.321 e. The second kappa shape index (κ2) is 9.20. The SMILES string of the molecule is CCNC(=O)NC(=O)[C@@H](N[C@H](C)c1ccc(Cl)cc1)c1ccccc1. The van der Waals surface area contributed by atoms with E-state index >= 15 is 0 Å². The van der Waals surface area contributed by atoms with Crippen LogP contribution in [0.3, 0.4) is 0 Å². The van der Waals surface area contributed by atoms with E-state index in [9.17, 15) is 9.59 Å². The van der Waals surface area contributed by atoms with Crippen LogP contribution in [-0.4, -0.2) is 18.5 Å². The van der Waals surface area contributed by atoms with Crippen LogP contribution in [0, 0.1) is 0 Å². The summed E-state index contributed by atoms with van der Waals surface area (Å²) in [6.07, 6.45) is 0. The molecule has 0 unspecified atom stereocenters. The van der Waals surface area contributed by atoms with Crippen molar-refractivity contribution in [2.75, 3.05) is 6.54 Å². The average molecular weight is 360 g/mol. The molecule has 3 N–H and O–H groups in total. The number of carbonyl (C=O) groups excluding carboxylic acids is 2. The molecule has 0 radical (unpaired) electrons. The van der Waals surface area contributed by atoms with Crippen LogP contribution in [-0.2, 0) is 4.79 Å². The third-order valence-electron chi connectivity index (χ3n) is 3.76. The van der Waals surface area contributed by atoms with Gasteiger partial charge in [-0.05, 0) is 37.1 Å². The van der Waals surface area contributed by atoms with E-state index in [0.717, 1.165) is 11.1 Å². The number of urea groups is 1. The fourth-order valence-electron chi connectivity index (χ4n) is 2.46. The Hall–Kier alpha value is -2.37. The normalized spacial score (nSPS) is 12.9. The standard InChI is InChI=1S/C19H22ClN3O2/c1-3-21-19(25)23-18(24)17(15-7-5-4-6-8-15)22-13(2)14-9-11-16(20)12-10-14/h4-13,17,22H,3H2,1-2H3,(H2,21,23,24,25)/t13-,17+/m1/s1. The van der Waals surface area contributed by atoms with Gasteiger partial charge in [-0.15, -0.1) is 0 Å². The van der Waals surface area contributed by atoms with Gasteiger partial charge >= 0.3 is 6.03 Å². The molecule has 0 aromatic heterocycles. The number of hydrogen-bond donors (Lipinski definition) is 3. The summed E-state index contributed by atoms with van der Waals surface area (Å²) in [5, 5.41) is 8.87. The average Bonchev–Trinajstić information content (AvgIpc) is 2.61. The zero-order valence-electron chi connectivity index (χ0n) is 14.3. The lowest BCUT2D eigenvalue weighted by Gasteiger charge is -2.23. The Bertz CT molecular complexity index is 704. The highest BCUT2D eigenvalue weighted by Crippen LogP contribution is 2.21. The van der Waals surface area contributed by atoms with Crippen LogP contribution in [0.15, 0.2) is 54.6 Å². The molecule has 25 heavy (non-hydrogen) atoms. The number of imide groups is 1. The molecule has 0 bridgehead atoms. The Balaban J connectivity index is 2.18. The molecule has 0 fully saturated rings. The van der Waals surface area contributed by atoms with Gasteiger partial charge in [0.25, 0.3) is 0 Å². The molecule has 132 valence electrons. The van der Waals surface area contributed by atoms with Gasteiger partial charge < -0.3 is 5.32 Å². The van der Waals surface area contributed by atoms with E-state index in [1.165, 1.54) is 0 Å². The molecular weight excluding hydrogens is 338 g/mol. The fourth-order valence-corrected chi connectivity index (χ4v) is 2.58. The van der Waals surface area contributed by atoms with Crippen LogP contribution in [0.4, 0.5) is 4.79 Å². The Kier molecular flexibility index (Phi) is 6.98. The summed E-state index contributed by atoms with van der Waals surface area (Å²) in [5.41, 5.74) is 1.78. The number of amides is 3. The van der Waals surface area contributed by atoms with Crippen LogP contribution >= 0.6 is 11.6 Å². The minimum atomic E-state index is -0.658. The molecule has 2 rings (SSSR count). The summed E-state index contributed by atoms with van der Waals surface area (Å²) in [5.74, 6) is -0.405. The van der Waals surface area contributed by atoms with Gasteiger partial charge in [-0.3, -0.25) is 15.4 Å². The number of nitrogens with one attached hydrogen (secondary N) is 3. The van der Waals surface area contributed by atoms with Gasteiger partial charge in [0.1, 0.15) is 6.04 Å². The van der Waals surface area contributed by atoms with Crippen molar-refractivity contribution in [2.24, 2.45) is 0 Å². The summed E-state index contributed by atoms with van der Waals surface area (Å²) < 4.78 is 0. The van der Waals surface area contributed by atoms with Crippen LogP contribution in [0.1, 0.15) is 37.1 Å². The first kappa shape index (κ1) is 19.0. The molecule has 0 aliphatic heterocycles. The third kappa shape index (κ3) is 5.59. The van der Waals surface area contributed by atoms with E-state index in [1.807, 2.05) is 49.4 Å². The van der Waals surface area contributed by atoms with Crippen LogP contribution in [0.5, 0.6) is 0 Å². The van der Waals surface area contributed by atoms with E-state index in [2.05, 4.69) is 16.0 Å². The highest BCUT2D eigenvalue weighted by Gasteiger charge is 2.24. The molecule has 0 saturated heterocycles. The van der Waals surface area contributed by atoms with Crippen LogP contribution < -0.4 is 16.0 Å². The van der Waals surface area contributed by atoms with Crippen molar-refractivity contribution in [1.82, 2.24) is 16.0 Å². The molecule has 0 aliphatic carbocycles. The van der Waals surface area contributed by atoms with E-state index in [-0.39, 0.29) is 6.04 Å². The minimum absolute atomic E-state index is 0.109. The quantitative estimate of drug-likeness (QED) is 0.738. The number of halogens is 1. The molecule has 2 aromatic rings. The maximum Gasteiger partial charge on any atom is 0.321 e. The second-order valence-corrected chi connectivity index (χ2v) is 6.07. The minimum Gasteiger partial charge on any atom is -0.338 e. The largest absolute Gasteiger partial charge is 0.338 e. The molecular formula is C19H22ClN3O2. The van der Waals surface area contributed by atoms with E-state index in [1.54, 1.807) is 19.1 Å². The lowest BCUT2D eigenvalue weighted by Crippen LogP contribution is -2.45. The monoisotopic (exact) mass is 359 g/mol. The third-order valence-corrected chi connectivity index (χ3v) is 4.01. The molecule has 2 atom stereocenters. The highest BCUT2D eigenvalue weighted by atomic mass is 35.5. The van der Waals surface area contributed by atoms with Crippen LogP contribution in [0.25, 0.3) is 0 Å². The molecule has 2 aromatic carbocycles. The van der Waals surface area contributed by atoms with Gasteiger partial charge in [-0.2, -0.15) is 0 Å². The van der Waals surface area contributed by atoms with Gasteiger partial charge in [0.15, 0.2) is 0 Å². The summed E-state index contributed by atoms with van der Waals surface area (Å²) in [7, 11) is 0. The van der Waals surface area contributed by atoms with Crippen molar-refractivity contribution < 1.29 is 9.59 Å². The summed E-state index contributed by atoms with van der Waals surface area (Å²) in [4.78, 5) is 24.3. The Labute approximate surface area is 152 Å². The van der Waals surface area contributed by atoms with Gasteiger partial charge in [-0.1, -0.05) is 54.1 Å². The van der Waals surface area contributed by atoms with E-state index in [0.29, 0.717) is 11.6 Å². The number of hydrogen-bond acceptors (Lipinski definition) is 3. The van der Waals surface area contributed by atoms with Crippen molar-refractivity contribution >= 4 is 23.5 Å². The van der Waals surface area contributed by atoms with E-state index in [4.69, 9.17) is 11.6 Å². The highest BCUT2D eigenvalue weighted by molar-refractivity contribution is 6.30. The molecule has 0 heterocycles. The van der Waals surface area contributed by atoms with Gasteiger partial charge in [0, 0.05) is 17.6 Å². The molecule has 0 saturated carbocycles. The number of carbonyl (C=O) groups is 2. The zero-order valence-corrected chi connectivity index (χ0v) is 15.0. The Morgan fingerprint density at radius 2 is 1.64 bits per heavy atom. The molecule has 6 heteroatoms. The first-order valence-corrected chi connectivity index (χ1v) is 8.54.